The third-order valence-corrected chi connectivity index (χ3v) is 8.14. The zero-order chi connectivity index (χ0) is 19.0. The molecule has 2 heterocycles. The van der Waals surface area contributed by atoms with Crippen molar-refractivity contribution in [2.24, 2.45) is 0 Å². The van der Waals surface area contributed by atoms with Crippen molar-refractivity contribution in [2.45, 2.75) is 86.1 Å². The highest BCUT2D eigenvalue weighted by Crippen LogP contribution is 2.43. The average molecular weight is 415 g/mol. The van der Waals surface area contributed by atoms with E-state index in [1.54, 1.807) is 21.6 Å². The Hall–Kier alpha value is -1.40. The van der Waals surface area contributed by atoms with Gasteiger partial charge in [0.05, 0.1) is 21.2 Å². The van der Waals surface area contributed by atoms with Gasteiger partial charge in [0.1, 0.15) is 0 Å². The summed E-state index contributed by atoms with van der Waals surface area (Å²) in [5.74, 6) is 0. The molecule has 28 heavy (non-hydrogen) atoms. The van der Waals surface area contributed by atoms with Gasteiger partial charge in [0, 0.05) is 36.9 Å². The molecule has 2 fully saturated rings. The van der Waals surface area contributed by atoms with Crippen molar-refractivity contribution in [1.29, 1.82) is 0 Å². The molecule has 0 unspecified atom stereocenters. The van der Waals surface area contributed by atoms with Gasteiger partial charge in [-0.2, -0.15) is 0 Å². The maximum atomic E-state index is 4.36. The minimum atomic E-state index is 0.599. The Morgan fingerprint density at radius 3 is 1.50 bits per heavy atom. The summed E-state index contributed by atoms with van der Waals surface area (Å²) in [6.45, 7) is 0. The Labute approximate surface area is 176 Å². The van der Waals surface area contributed by atoms with Gasteiger partial charge in [-0.25, -0.2) is 0 Å². The van der Waals surface area contributed by atoms with Gasteiger partial charge >= 0.3 is 0 Å². The van der Waals surface area contributed by atoms with E-state index in [-0.39, 0.29) is 0 Å². The molecule has 0 aromatic carbocycles. The van der Waals surface area contributed by atoms with E-state index in [0.717, 1.165) is 0 Å². The first kappa shape index (κ1) is 19.9. The molecule has 2 aromatic heterocycles. The first-order valence-electron chi connectivity index (χ1n) is 10.6. The maximum Gasteiger partial charge on any atom is 0.0601 e. The van der Waals surface area contributed by atoms with Crippen LogP contribution >= 0.6 is 21.6 Å². The summed E-state index contributed by atoms with van der Waals surface area (Å²) in [6.07, 6.45) is 21.0. The van der Waals surface area contributed by atoms with Crippen LogP contribution in [0.5, 0.6) is 0 Å². The van der Waals surface area contributed by atoms with E-state index >= 15 is 0 Å². The number of hydrogen-bond donors (Lipinski definition) is 2. The van der Waals surface area contributed by atoms with Crippen molar-refractivity contribution in [1.82, 2.24) is 9.97 Å². The van der Waals surface area contributed by atoms with E-state index < -0.39 is 0 Å². The van der Waals surface area contributed by atoms with E-state index in [2.05, 4.69) is 32.7 Å². The normalized spacial score (nSPS) is 18.7. The number of nitrogens with zero attached hydrogens (tertiary/aromatic N) is 2. The fourth-order valence-electron chi connectivity index (χ4n) is 4.15. The van der Waals surface area contributed by atoms with Crippen molar-refractivity contribution in [2.75, 3.05) is 10.6 Å². The summed E-state index contributed by atoms with van der Waals surface area (Å²) in [5, 5.41) is 7.52. The number of pyridine rings is 2. The number of anilines is 2. The molecular formula is C22H30N4S2. The first-order valence-corrected chi connectivity index (χ1v) is 12.8. The van der Waals surface area contributed by atoms with Gasteiger partial charge in [-0.3, -0.25) is 9.97 Å². The van der Waals surface area contributed by atoms with E-state index in [9.17, 15) is 0 Å². The van der Waals surface area contributed by atoms with E-state index in [1.807, 2.05) is 24.8 Å². The lowest BCUT2D eigenvalue weighted by atomic mass is 9.95. The van der Waals surface area contributed by atoms with Crippen molar-refractivity contribution < 1.29 is 0 Å². The van der Waals surface area contributed by atoms with Gasteiger partial charge in [-0.05, 0) is 59.4 Å². The van der Waals surface area contributed by atoms with E-state index in [0.29, 0.717) is 12.1 Å². The highest BCUT2D eigenvalue weighted by molar-refractivity contribution is 8.76. The van der Waals surface area contributed by atoms with Crippen LogP contribution in [0.1, 0.15) is 64.2 Å². The van der Waals surface area contributed by atoms with Gasteiger partial charge in [0.2, 0.25) is 0 Å². The molecule has 0 bridgehead atoms. The standard InChI is InChI=1S/C22H30N4S2/c1-3-7-17(8-4-1)25-19-11-13-23-15-21(19)27-28-22-16-24-14-12-20(22)26-18-9-5-2-6-10-18/h11-18H,1-10H2,(H,23,25)(H,24,26). The van der Waals surface area contributed by atoms with Gasteiger partial charge < -0.3 is 10.6 Å². The van der Waals surface area contributed by atoms with Gasteiger partial charge in [0.25, 0.3) is 0 Å². The van der Waals surface area contributed by atoms with Gasteiger partial charge in [-0.15, -0.1) is 0 Å². The monoisotopic (exact) mass is 414 g/mol. The second-order valence-electron chi connectivity index (χ2n) is 7.87. The molecule has 2 saturated carbocycles. The SMILES string of the molecule is c1cc(NC2CCCCC2)c(SSc2cnccc2NC2CCCCC2)cn1. The average Bonchev–Trinajstić information content (AvgIpc) is 2.76. The molecular weight excluding hydrogens is 384 g/mol. The van der Waals surface area contributed by atoms with Crippen molar-refractivity contribution in [3.8, 4) is 0 Å². The summed E-state index contributed by atoms with van der Waals surface area (Å²) >= 11 is 0. The quantitative estimate of drug-likeness (QED) is 0.488. The molecule has 4 nitrogen and oxygen atoms in total. The third-order valence-electron chi connectivity index (χ3n) is 5.72. The Morgan fingerprint density at radius 1 is 0.643 bits per heavy atom. The molecule has 0 radical (unpaired) electrons. The highest BCUT2D eigenvalue weighted by Gasteiger charge is 2.17. The van der Waals surface area contributed by atoms with Gasteiger partial charge in [-0.1, -0.05) is 38.5 Å². The number of aromatic nitrogens is 2. The lowest BCUT2D eigenvalue weighted by Crippen LogP contribution is -2.22. The van der Waals surface area contributed by atoms with Crippen LogP contribution in [0, 0.1) is 0 Å². The lowest BCUT2D eigenvalue weighted by molar-refractivity contribution is 0.462. The molecule has 0 aliphatic heterocycles. The predicted octanol–water partition coefficient (Wildman–Crippen LogP) is 6.77. The van der Waals surface area contributed by atoms with Crippen molar-refractivity contribution in [3.05, 3.63) is 36.9 Å². The molecule has 4 rings (SSSR count). The predicted molar refractivity (Wildman–Crippen MR) is 121 cm³/mol. The van der Waals surface area contributed by atoms with Gasteiger partial charge in [0.15, 0.2) is 0 Å². The zero-order valence-electron chi connectivity index (χ0n) is 16.4. The molecule has 0 saturated heterocycles. The number of hydrogen-bond acceptors (Lipinski definition) is 6. The van der Waals surface area contributed by atoms with Crippen LogP contribution in [-0.2, 0) is 0 Å². The molecule has 6 heteroatoms. The Morgan fingerprint density at radius 2 is 1.07 bits per heavy atom. The van der Waals surface area contributed by atoms with E-state index in [4.69, 9.17) is 0 Å². The van der Waals surface area contributed by atoms with Crippen LogP contribution < -0.4 is 10.6 Å². The van der Waals surface area contributed by atoms with Crippen molar-refractivity contribution in [3.63, 3.8) is 0 Å². The molecule has 2 aliphatic carbocycles. The van der Waals surface area contributed by atoms with Crippen LogP contribution in [-0.4, -0.2) is 22.1 Å². The van der Waals surface area contributed by atoms with E-state index in [1.165, 1.54) is 85.4 Å². The molecule has 0 spiro atoms. The van der Waals surface area contributed by atoms with Crippen LogP contribution in [0.3, 0.4) is 0 Å². The number of rotatable bonds is 7. The summed E-state index contributed by atoms with van der Waals surface area (Å²) in [7, 11) is 3.55. The second-order valence-corrected chi connectivity index (χ2v) is 10.1. The maximum absolute atomic E-state index is 4.36. The van der Waals surface area contributed by atoms with Crippen molar-refractivity contribution >= 4 is 33.0 Å². The summed E-state index contributed by atoms with van der Waals surface area (Å²) in [6, 6.07) is 5.42. The second kappa shape index (κ2) is 10.4. The third kappa shape index (κ3) is 5.57. The van der Waals surface area contributed by atoms with Crippen LogP contribution in [0.2, 0.25) is 0 Å². The topological polar surface area (TPSA) is 49.8 Å². The Kier molecular flexibility index (Phi) is 7.39. The molecule has 0 atom stereocenters. The smallest absolute Gasteiger partial charge is 0.0601 e. The lowest BCUT2D eigenvalue weighted by Gasteiger charge is -2.25. The largest absolute Gasteiger partial charge is 0.381 e. The summed E-state index contributed by atoms with van der Waals surface area (Å²) in [4.78, 5) is 11.1. The van der Waals surface area contributed by atoms with Crippen LogP contribution in [0.4, 0.5) is 11.4 Å². The molecule has 2 aliphatic rings. The molecule has 2 N–H and O–H groups in total. The Bertz CT molecular complexity index is 679. The number of nitrogens with one attached hydrogen (secondary N) is 2. The molecule has 150 valence electrons. The fourth-order valence-corrected chi connectivity index (χ4v) is 6.31. The highest BCUT2D eigenvalue weighted by atomic mass is 33.1. The van der Waals surface area contributed by atoms with Crippen LogP contribution in [0.15, 0.2) is 46.7 Å². The van der Waals surface area contributed by atoms with Crippen LogP contribution in [0.25, 0.3) is 0 Å². The molecule has 0 amide bonds. The summed E-state index contributed by atoms with van der Waals surface area (Å²) < 4.78 is 0. The molecule has 2 aromatic rings. The summed E-state index contributed by atoms with van der Waals surface area (Å²) in [5.41, 5.74) is 2.43. The minimum absolute atomic E-state index is 0.599. The zero-order valence-corrected chi connectivity index (χ0v) is 18.0. The minimum Gasteiger partial charge on any atom is -0.381 e. The Balaban J connectivity index is 1.40. The fraction of sp³-hybridized carbons (Fsp3) is 0.545. The first-order chi connectivity index (χ1) is 13.9.